The maximum atomic E-state index is 14.3. The third-order valence-electron chi connectivity index (χ3n) is 9.03. The number of thioether (sulfide) groups is 1. The average Bonchev–Trinajstić information content (AvgIpc) is 3.53. The molecule has 2 unspecified atom stereocenters. The Morgan fingerprint density at radius 3 is 2.36 bits per heavy atom. The number of rotatable bonds is 6. The number of carbonyl (C=O) groups is 2. The van der Waals surface area contributed by atoms with Gasteiger partial charge in [-0.25, -0.2) is 12.7 Å². The highest BCUT2D eigenvalue weighted by atomic mass is 32.2. The van der Waals surface area contributed by atoms with Gasteiger partial charge in [0.1, 0.15) is 15.8 Å². The molecule has 2 aliphatic rings. The molecule has 8 nitrogen and oxygen atoms in total. The summed E-state index contributed by atoms with van der Waals surface area (Å²) in [5.41, 5.74) is 8.74. The highest BCUT2D eigenvalue weighted by Crippen LogP contribution is 2.58. The van der Waals surface area contributed by atoms with Crippen LogP contribution in [0.15, 0.2) is 90.0 Å². The molecule has 1 saturated heterocycles. The van der Waals surface area contributed by atoms with Crippen LogP contribution in [0.25, 0.3) is 10.9 Å². The second kappa shape index (κ2) is 9.90. The zero-order chi connectivity index (χ0) is 30.1. The molecule has 0 spiro atoms. The molecular weight excluding hydrogens is 589 g/mol. The van der Waals surface area contributed by atoms with Gasteiger partial charge in [0.2, 0.25) is 5.91 Å². The summed E-state index contributed by atoms with van der Waals surface area (Å²) in [6.45, 7) is 1.63. The molecule has 0 bridgehead atoms. The number of thiol groups is 1. The van der Waals surface area contributed by atoms with Crippen molar-refractivity contribution in [1.29, 1.82) is 0 Å². The van der Waals surface area contributed by atoms with E-state index in [1.807, 2.05) is 48.9 Å². The van der Waals surface area contributed by atoms with E-state index in [4.69, 9.17) is 5.73 Å². The summed E-state index contributed by atoms with van der Waals surface area (Å²) in [4.78, 5) is 31.4. The number of ketones is 1. The molecule has 4 aromatic rings. The number of Topliss-reactive ketones (excluding diaryl/α,β-unsaturated/α-hetero) is 1. The fourth-order valence-corrected chi connectivity index (χ4v) is 9.34. The van der Waals surface area contributed by atoms with Gasteiger partial charge in [0, 0.05) is 30.6 Å². The fraction of sp³-hybridized carbons (Fsp3) is 0.290. The van der Waals surface area contributed by atoms with Gasteiger partial charge < -0.3 is 15.6 Å². The number of carbonyl (C=O) groups excluding carboxylic acids is 2. The molecule has 0 aliphatic carbocycles. The van der Waals surface area contributed by atoms with Gasteiger partial charge in [-0.3, -0.25) is 9.59 Å². The highest BCUT2D eigenvalue weighted by molar-refractivity contribution is 8.00. The first-order chi connectivity index (χ1) is 19.9. The maximum absolute atomic E-state index is 14.3. The van der Waals surface area contributed by atoms with Crippen LogP contribution in [0, 0.1) is 0 Å². The normalized spacial score (nSPS) is 28.0. The van der Waals surface area contributed by atoms with E-state index < -0.39 is 31.2 Å². The Hall–Kier alpha value is -3.25. The Morgan fingerprint density at radius 2 is 1.64 bits per heavy atom. The number of H-pyrrole nitrogens is 1. The lowest BCUT2D eigenvalue weighted by Gasteiger charge is -2.50. The number of likely N-dealkylation sites (N-methyl/N-ethyl adjacent to an activating group) is 1. The van der Waals surface area contributed by atoms with Gasteiger partial charge in [0.25, 0.3) is 10.0 Å². The van der Waals surface area contributed by atoms with Crippen molar-refractivity contribution in [1.82, 2.24) is 9.88 Å². The predicted molar refractivity (Wildman–Crippen MR) is 170 cm³/mol. The molecule has 1 amide bonds. The predicted octanol–water partition coefficient (Wildman–Crippen LogP) is 4.52. The minimum atomic E-state index is -4.12. The number of hydrogen-bond acceptors (Lipinski definition) is 7. The number of likely N-dealkylation sites (tertiary alicyclic amines) is 1. The molecule has 3 heterocycles. The number of benzene rings is 3. The van der Waals surface area contributed by atoms with Crippen molar-refractivity contribution in [3.63, 3.8) is 0 Å². The molecule has 6 rings (SSSR count). The van der Waals surface area contributed by atoms with E-state index >= 15 is 0 Å². The molecule has 2 aliphatic heterocycles. The first-order valence-corrected chi connectivity index (χ1v) is 16.6. The summed E-state index contributed by atoms with van der Waals surface area (Å²) in [5.74, 6) is -0.439. The number of aromatic amines is 1. The topological polar surface area (TPSA) is 117 Å². The zero-order valence-corrected chi connectivity index (χ0v) is 26.0. The van der Waals surface area contributed by atoms with Crippen molar-refractivity contribution >= 4 is 62.7 Å². The van der Waals surface area contributed by atoms with Crippen molar-refractivity contribution < 1.29 is 18.0 Å². The lowest BCUT2D eigenvalue weighted by atomic mass is 9.66. The number of piperidine rings is 1. The lowest BCUT2D eigenvalue weighted by molar-refractivity contribution is -0.148. The van der Waals surface area contributed by atoms with Crippen LogP contribution >= 0.6 is 24.4 Å². The number of amides is 1. The number of nitrogens with two attached hydrogens (primary N) is 1. The summed E-state index contributed by atoms with van der Waals surface area (Å²) in [6, 6.07) is 23.2. The number of hydrogen-bond donors (Lipinski definition) is 3. The van der Waals surface area contributed by atoms with Gasteiger partial charge >= 0.3 is 0 Å². The second-order valence-electron chi connectivity index (χ2n) is 11.2. The molecule has 0 radical (unpaired) electrons. The number of sulfonamides is 1. The number of para-hydroxylation sites is 2. The zero-order valence-electron chi connectivity index (χ0n) is 23.4. The van der Waals surface area contributed by atoms with Gasteiger partial charge in [0.05, 0.1) is 16.0 Å². The summed E-state index contributed by atoms with van der Waals surface area (Å²) in [6.07, 6.45) is 2.55. The van der Waals surface area contributed by atoms with E-state index in [1.54, 1.807) is 56.4 Å². The maximum Gasteiger partial charge on any atom is 0.265 e. The van der Waals surface area contributed by atoms with Crippen LogP contribution in [-0.2, 0) is 25.0 Å². The smallest absolute Gasteiger partial charge is 0.265 e. The number of nitrogens with zero attached hydrogens (tertiary/aromatic N) is 2. The van der Waals surface area contributed by atoms with Crippen molar-refractivity contribution in [2.24, 2.45) is 5.73 Å². The van der Waals surface area contributed by atoms with Gasteiger partial charge in [-0.15, -0.1) is 24.4 Å². The van der Waals surface area contributed by atoms with E-state index in [-0.39, 0.29) is 29.4 Å². The number of anilines is 1. The Labute approximate surface area is 255 Å². The van der Waals surface area contributed by atoms with Crippen molar-refractivity contribution in [3.8, 4) is 0 Å². The van der Waals surface area contributed by atoms with Crippen molar-refractivity contribution in [2.75, 3.05) is 17.6 Å². The Balaban J connectivity index is 1.65. The number of aromatic nitrogens is 1. The third kappa shape index (κ3) is 3.90. The SMILES string of the molecule is CSC1(CC2(c3c[nH]c4ccccc34)c3ccccc3N(S(=O)(=O)c3ccccc3)[C@H]2N)CC(=O)[C@@](C)(S)N(C)C1=O. The van der Waals surface area contributed by atoms with E-state index in [1.165, 1.54) is 21.0 Å². The van der Waals surface area contributed by atoms with E-state index in [0.29, 0.717) is 11.3 Å². The monoisotopic (exact) mass is 620 g/mol. The summed E-state index contributed by atoms with van der Waals surface area (Å²) >= 11 is 5.85. The molecule has 0 saturated carbocycles. The number of nitrogens with one attached hydrogen (secondary N) is 1. The second-order valence-corrected chi connectivity index (χ2v) is 15.0. The lowest BCUT2D eigenvalue weighted by Crippen LogP contribution is -2.65. The minimum Gasteiger partial charge on any atom is -0.361 e. The summed E-state index contributed by atoms with van der Waals surface area (Å²) < 4.78 is 28.7. The molecule has 218 valence electrons. The first-order valence-electron chi connectivity index (χ1n) is 13.5. The number of fused-ring (bicyclic) bond motifs is 2. The van der Waals surface area contributed by atoms with Gasteiger partial charge in [-0.2, -0.15) is 0 Å². The molecule has 4 atom stereocenters. The van der Waals surface area contributed by atoms with Crippen LogP contribution in [0.4, 0.5) is 5.69 Å². The first kappa shape index (κ1) is 28.9. The Bertz CT molecular complexity index is 1820. The highest BCUT2D eigenvalue weighted by Gasteiger charge is 2.62. The van der Waals surface area contributed by atoms with Crippen LogP contribution in [0.1, 0.15) is 30.9 Å². The molecule has 3 aromatic carbocycles. The van der Waals surface area contributed by atoms with Crippen LogP contribution < -0.4 is 10.0 Å². The summed E-state index contributed by atoms with van der Waals surface area (Å²) in [5, 5.41) is 0.861. The van der Waals surface area contributed by atoms with E-state index in [0.717, 1.165) is 16.5 Å². The van der Waals surface area contributed by atoms with Gasteiger partial charge in [-0.05, 0) is 55.0 Å². The molecule has 11 heteroatoms. The van der Waals surface area contributed by atoms with E-state index in [2.05, 4.69) is 17.6 Å². The summed E-state index contributed by atoms with van der Waals surface area (Å²) in [7, 11) is -2.53. The van der Waals surface area contributed by atoms with Crippen molar-refractivity contribution in [2.45, 2.75) is 45.9 Å². The molecular formula is C31H32N4O4S3. The standard InChI is InChI=1S/C31H32N4O4S3/c1-29(40)26(36)17-30(41-3,28(37)34(29)2)19-31(23-18-33-24-15-9-7-13-21(23)24)22-14-8-10-16-25(22)35(27(31)32)42(38,39)20-11-5-4-6-12-20/h4-16,18,27,33,40H,17,19,32H2,1-3H3/t27-,29-,30?,31?/m1/s1. The minimum absolute atomic E-state index is 0.0677. The fourth-order valence-electron chi connectivity index (χ4n) is 6.59. The molecule has 1 fully saturated rings. The molecule has 1 aromatic heterocycles. The molecule has 42 heavy (non-hydrogen) atoms. The molecule has 3 N–H and O–H groups in total. The van der Waals surface area contributed by atoms with Crippen LogP contribution in [0.5, 0.6) is 0 Å². The van der Waals surface area contributed by atoms with Crippen molar-refractivity contribution in [3.05, 3.63) is 96.2 Å². The largest absolute Gasteiger partial charge is 0.361 e. The Kier molecular flexibility index (Phi) is 6.80. The quantitative estimate of drug-likeness (QED) is 0.273. The van der Waals surface area contributed by atoms with Gasteiger partial charge in [0.15, 0.2) is 5.78 Å². The third-order valence-corrected chi connectivity index (χ3v) is 12.6. The van der Waals surface area contributed by atoms with E-state index in [9.17, 15) is 18.0 Å². The van der Waals surface area contributed by atoms with Gasteiger partial charge in [-0.1, -0.05) is 54.6 Å². The van der Waals surface area contributed by atoms with Crippen LogP contribution in [0.3, 0.4) is 0 Å². The Morgan fingerprint density at radius 1 is 1.00 bits per heavy atom. The van der Waals surface area contributed by atoms with Crippen LogP contribution in [-0.4, -0.2) is 59.1 Å². The van der Waals surface area contributed by atoms with Crippen LogP contribution in [0.2, 0.25) is 0 Å². The average molecular weight is 621 g/mol.